The van der Waals surface area contributed by atoms with E-state index in [1.165, 1.54) is 29.6 Å². The minimum Gasteiger partial charge on any atom is -0.396 e. The van der Waals surface area contributed by atoms with Gasteiger partial charge in [0.2, 0.25) is 0 Å². The van der Waals surface area contributed by atoms with E-state index in [0.717, 1.165) is 49.2 Å². The quantitative estimate of drug-likeness (QED) is 0.672. The first-order valence-electron chi connectivity index (χ1n) is 9.16. The summed E-state index contributed by atoms with van der Waals surface area (Å²) in [6.45, 7) is 1.13. The summed E-state index contributed by atoms with van der Waals surface area (Å²) in [6.07, 6.45) is 8.25. The summed E-state index contributed by atoms with van der Waals surface area (Å²) in [5, 5.41) is 12.5. The predicted octanol–water partition coefficient (Wildman–Crippen LogP) is 3.83. The smallest absolute Gasteiger partial charge is 0.158 e. The number of aliphatic hydroxyl groups is 1. The molecule has 3 aromatic rings. The van der Waals surface area contributed by atoms with E-state index < -0.39 is 0 Å². The number of pyridine rings is 1. The van der Waals surface area contributed by atoms with Gasteiger partial charge in [-0.2, -0.15) is 0 Å². The molecule has 25 heavy (non-hydrogen) atoms. The molecule has 0 spiro atoms. The average Bonchev–Trinajstić information content (AvgIpc) is 3.08. The summed E-state index contributed by atoms with van der Waals surface area (Å²) in [4.78, 5) is 9.60. The molecule has 0 unspecified atom stereocenters. The zero-order valence-corrected chi connectivity index (χ0v) is 14.4. The van der Waals surface area contributed by atoms with Gasteiger partial charge >= 0.3 is 0 Å². The maximum Gasteiger partial charge on any atom is 0.158 e. The summed E-state index contributed by atoms with van der Waals surface area (Å²) in [5.74, 6) is 0.850. The topological polar surface area (TPSA) is 63.0 Å². The number of nitrogens with zero attached hydrogens (tertiary/aromatic N) is 3. The number of hydrogen-bond acceptors (Lipinski definition) is 4. The molecule has 5 nitrogen and oxygen atoms in total. The average molecular weight is 336 g/mol. The fourth-order valence-electron chi connectivity index (χ4n) is 3.64. The van der Waals surface area contributed by atoms with Gasteiger partial charge in [0, 0.05) is 24.5 Å². The maximum atomic E-state index is 9.06. The molecule has 0 fully saturated rings. The lowest BCUT2D eigenvalue weighted by molar-refractivity contribution is 0.281. The number of hydrogen-bond donors (Lipinski definition) is 2. The van der Waals surface area contributed by atoms with Crippen LogP contribution in [-0.4, -0.2) is 26.2 Å². The third-order valence-electron chi connectivity index (χ3n) is 4.88. The standard InChI is InChI=1S/C20H24N4O/c25-13-7-6-12-24-14-21-18-19(24)16-10-4-5-11-17(16)23-20(18)22-15-8-2-1-3-9-15/h1-3,8-9,14,25H,4-7,10-13H2,(H,22,23). The molecule has 130 valence electrons. The second kappa shape index (κ2) is 7.23. The van der Waals surface area contributed by atoms with Crippen LogP contribution in [0.25, 0.3) is 11.0 Å². The van der Waals surface area contributed by atoms with Gasteiger partial charge in [-0.25, -0.2) is 9.97 Å². The molecular formula is C20H24N4O. The number of aryl methyl sites for hydroxylation is 3. The number of rotatable bonds is 6. The van der Waals surface area contributed by atoms with Gasteiger partial charge in [-0.05, 0) is 56.2 Å². The summed E-state index contributed by atoms with van der Waals surface area (Å²) in [6, 6.07) is 10.1. The number of anilines is 2. The summed E-state index contributed by atoms with van der Waals surface area (Å²) >= 11 is 0. The van der Waals surface area contributed by atoms with Crippen LogP contribution in [-0.2, 0) is 19.4 Å². The SMILES string of the molecule is OCCCCn1cnc2c(Nc3ccccc3)nc3c(c21)CCCC3. The van der Waals surface area contributed by atoms with Crippen LogP contribution in [0.1, 0.15) is 36.9 Å². The lowest BCUT2D eigenvalue weighted by Crippen LogP contribution is -2.10. The molecule has 1 aliphatic rings. The van der Waals surface area contributed by atoms with E-state index in [9.17, 15) is 0 Å². The van der Waals surface area contributed by atoms with E-state index in [2.05, 4.69) is 14.9 Å². The summed E-state index contributed by atoms with van der Waals surface area (Å²) in [5.41, 5.74) is 5.78. The Bertz CT molecular complexity index is 857. The van der Waals surface area contributed by atoms with Crippen LogP contribution < -0.4 is 5.32 Å². The number of unbranched alkanes of at least 4 members (excludes halogenated alkanes) is 1. The molecule has 1 aliphatic carbocycles. The first-order valence-corrected chi connectivity index (χ1v) is 9.16. The van der Waals surface area contributed by atoms with Crippen molar-refractivity contribution in [2.75, 3.05) is 11.9 Å². The Morgan fingerprint density at radius 3 is 2.76 bits per heavy atom. The Morgan fingerprint density at radius 2 is 1.92 bits per heavy atom. The van der Waals surface area contributed by atoms with Crippen molar-refractivity contribution >= 4 is 22.5 Å². The van der Waals surface area contributed by atoms with Gasteiger partial charge in [0.15, 0.2) is 5.82 Å². The predicted molar refractivity (Wildman–Crippen MR) is 100 cm³/mol. The van der Waals surface area contributed by atoms with E-state index in [-0.39, 0.29) is 6.61 Å². The number of imidazole rings is 1. The van der Waals surface area contributed by atoms with Crippen LogP contribution in [0.2, 0.25) is 0 Å². The molecule has 0 atom stereocenters. The lowest BCUT2D eigenvalue weighted by atomic mass is 9.94. The number of para-hydroxylation sites is 1. The van der Waals surface area contributed by atoms with Crippen LogP contribution in [0, 0.1) is 0 Å². The third-order valence-corrected chi connectivity index (χ3v) is 4.88. The highest BCUT2D eigenvalue weighted by Crippen LogP contribution is 2.32. The van der Waals surface area contributed by atoms with Crippen molar-refractivity contribution < 1.29 is 5.11 Å². The highest BCUT2D eigenvalue weighted by atomic mass is 16.2. The number of aromatic nitrogens is 3. The van der Waals surface area contributed by atoms with E-state index in [1.807, 2.05) is 36.7 Å². The fourth-order valence-corrected chi connectivity index (χ4v) is 3.64. The van der Waals surface area contributed by atoms with Gasteiger partial charge in [-0.15, -0.1) is 0 Å². The Labute approximate surface area is 147 Å². The number of benzene rings is 1. The van der Waals surface area contributed by atoms with Gasteiger partial charge in [0.25, 0.3) is 0 Å². The van der Waals surface area contributed by atoms with Crippen LogP contribution in [0.15, 0.2) is 36.7 Å². The molecule has 0 saturated carbocycles. The molecule has 0 bridgehead atoms. The minimum atomic E-state index is 0.243. The van der Waals surface area contributed by atoms with Gasteiger partial charge in [0.1, 0.15) is 5.52 Å². The molecular weight excluding hydrogens is 312 g/mol. The Kier molecular flexibility index (Phi) is 4.65. The monoisotopic (exact) mass is 336 g/mol. The first kappa shape index (κ1) is 16.1. The van der Waals surface area contributed by atoms with E-state index >= 15 is 0 Å². The molecule has 2 heterocycles. The van der Waals surface area contributed by atoms with Crippen LogP contribution in [0.3, 0.4) is 0 Å². The van der Waals surface area contributed by atoms with Crippen LogP contribution in [0.4, 0.5) is 11.5 Å². The van der Waals surface area contributed by atoms with Crippen molar-refractivity contribution in [3.05, 3.63) is 47.9 Å². The summed E-state index contributed by atoms with van der Waals surface area (Å²) < 4.78 is 2.24. The van der Waals surface area contributed by atoms with Gasteiger partial charge in [-0.1, -0.05) is 18.2 Å². The van der Waals surface area contributed by atoms with Crippen LogP contribution in [0.5, 0.6) is 0 Å². The molecule has 0 amide bonds. The number of fused-ring (bicyclic) bond motifs is 3. The highest BCUT2D eigenvalue weighted by molar-refractivity contribution is 5.91. The second-order valence-electron chi connectivity index (χ2n) is 6.65. The number of nitrogens with one attached hydrogen (secondary N) is 1. The Balaban J connectivity index is 1.78. The maximum absolute atomic E-state index is 9.06. The third kappa shape index (κ3) is 3.24. The first-order chi connectivity index (χ1) is 12.4. The van der Waals surface area contributed by atoms with Crippen molar-refractivity contribution in [3.8, 4) is 0 Å². The normalized spacial score (nSPS) is 13.8. The lowest BCUT2D eigenvalue weighted by Gasteiger charge is -2.19. The largest absolute Gasteiger partial charge is 0.396 e. The molecule has 2 aromatic heterocycles. The van der Waals surface area contributed by atoms with Gasteiger partial charge in [0.05, 0.1) is 11.8 Å². The van der Waals surface area contributed by atoms with E-state index in [0.29, 0.717) is 0 Å². The van der Waals surface area contributed by atoms with Crippen molar-refractivity contribution in [1.82, 2.24) is 14.5 Å². The van der Waals surface area contributed by atoms with E-state index in [4.69, 9.17) is 10.1 Å². The second-order valence-corrected chi connectivity index (χ2v) is 6.65. The van der Waals surface area contributed by atoms with Gasteiger partial charge in [-0.3, -0.25) is 0 Å². The fraction of sp³-hybridized carbons (Fsp3) is 0.400. The molecule has 4 rings (SSSR count). The van der Waals surface area contributed by atoms with Crippen molar-refractivity contribution in [3.63, 3.8) is 0 Å². The van der Waals surface area contributed by atoms with Crippen LogP contribution >= 0.6 is 0 Å². The van der Waals surface area contributed by atoms with Crippen molar-refractivity contribution in [2.45, 2.75) is 45.1 Å². The molecule has 0 aliphatic heterocycles. The molecule has 5 heteroatoms. The zero-order chi connectivity index (χ0) is 17.1. The Morgan fingerprint density at radius 1 is 1.08 bits per heavy atom. The van der Waals surface area contributed by atoms with Gasteiger partial charge < -0.3 is 15.0 Å². The number of aliphatic hydroxyl groups excluding tert-OH is 1. The molecule has 2 N–H and O–H groups in total. The van der Waals surface area contributed by atoms with Crippen molar-refractivity contribution in [2.24, 2.45) is 0 Å². The minimum absolute atomic E-state index is 0.243. The van der Waals surface area contributed by atoms with Crippen molar-refractivity contribution in [1.29, 1.82) is 0 Å². The molecule has 1 aromatic carbocycles. The zero-order valence-electron chi connectivity index (χ0n) is 14.4. The summed E-state index contributed by atoms with van der Waals surface area (Å²) in [7, 11) is 0. The highest BCUT2D eigenvalue weighted by Gasteiger charge is 2.21. The molecule has 0 radical (unpaired) electrons. The molecule has 0 saturated heterocycles. The van der Waals surface area contributed by atoms with E-state index in [1.54, 1.807) is 0 Å². The Hall–Kier alpha value is -2.40.